The van der Waals surface area contributed by atoms with E-state index in [0.717, 1.165) is 12.8 Å². The van der Waals surface area contributed by atoms with Gasteiger partial charge in [-0.05, 0) is 39.0 Å². The Morgan fingerprint density at radius 1 is 1.14 bits per heavy atom. The van der Waals surface area contributed by atoms with Gasteiger partial charge in [0, 0.05) is 13.5 Å². The Bertz CT molecular complexity index is 192. The van der Waals surface area contributed by atoms with E-state index in [1.165, 1.54) is 0 Å². The Balaban J connectivity index is 4.04. The molecule has 0 aromatic carbocycles. The van der Waals surface area contributed by atoms with E-state index in [1.807, 2.05) is 0 Å². The minimum Gasteiger partial charge on any atom is -0.379 e. The highest BCUT2D eigenvalue weighted by Crippen LogP contribution is 2.30. The summed E-state index contributed by atoms with van der Waals surface area (Å²) in [6.45, 7) is 10.1. The van der Waals surface area contributed by atoms with Crippen LogP contribution >= 0.6 is 0 Å². The van der Waals surface area contributed by atoms with E-state index in [-0.39, 0.29) is 16.8 Å². The van der Waals surface area contributed by atoms with E-state index in [0.29, 0.717) is 6.42 Å². The zero-order valence-electron chi connectivity index (χ0n) is 10.4. The molecular formula is C12H24O2. The van der Waals surface area contributed by atoms with Gasteiger partial charge in [0.05, 0.1) is 5.60 Å². The van der Waals surface area contributed by atoms with Gasteiger partial charge >= 0.3 is 0 Å². The second kappa shape index (κ2) is 4.92. The highest BCUT2D eigenvalue weighted by molar-refractivity contribution is 5.76. The first-order chi connectivity index (χ1) is 6.18. The molecule has 0 aromatic rings. The molecule has 0 heterocycles. The lowest BCUT2D eigenvalue weighted by molar-refractivity contribution is -0.119. The Labute approximate surface area is 88.0 Å². The fourth-order valence-corrected chi connectivity index (χ4v) is 1.50. The summed E-state index contributed by atoms with van der Waals surface area (Å²) in [5.41, 5.74) is 0.0235. The maximum Gasteiger partial charge on any atom is 0.130 e. The van der Waals surface area contributed by atoms with Gasteiger partial charge in [0.2, 0.25) is 0 Å². The van der Waals surface area contributed by atoms with Crippen LogP contribution in [0.5, 0.6) is 0 Å². The average molecular weight is 200 g/mol. The molecule has 2 nitrogen and oxygen atoms in total. The molecular weight excluding hydrogens is 176 g/mol. The number of carbonyl (C=O) groups is 1. The van der Waals surface area contributed by atoms with Crippen molar-refractivity contribution in [2.45, 2.75) is 59.5 Å². The van der Waals surface area contributed by atoms with Crippen LogP contribution < -0.4 is 0 Å². The van der Waals surface area contributed by atoms with E-state index in [9.17, 15) is 4.79 Å². The number of Topliss-reactive ketones (excluding diaryl/α,β-unsaturated/α-hetero) is 1. The van der Waals surface area contributed by atoms with Crippen LogP contribution in [0.25, 0.3) is 0 Å². The van der Waals surface area contributed by atoms with Crippen LogP contribution in [0.3, 0.4) is 0 Å². The summed E-state index contributed by atoms with van der Waals surface area (Å²) in [7, 11) is 1.73. The summed E-state index contributed by atoms with van der Waals surface area (Å²) in [6, 6.07) is 0. The van der Waals surface area contributed by atoms with Crippen LogP contribution in [0.2, 0.25) is 0 Å². The highest BCUT2D eigenvalue weighted by atomic mass is 16.5. The van der Waals surface area contributed by atoms with Crippen molar-refractivity contribution in [1.29, 1.82) is 0 Å². The van der Waals surface area contributed by atoms with Crippen molar-refractivity contribution < 1.29 is 9.53 Å². The third kappa shape index (κ3) is 6.14. The molecule has 0 N–H and O–H groups in total. The predicted octanol–water partition coefficient (Wildman–Crippen LogP) is 3.20. The zero-order valence-corrected chi connectivity index (χ0v) is 10.4. The molecule has 0 saturated heterocycles. The van der Waals surface area contributed by atoms with Gasteiger partial charge in [-0.25, -0.2) is 0 Å². The summed E-state index contributed by atoms with van der Waals surface area (Å²) in [6.07, 6.45) is 2.67. The van der Waals surface area contributed by atoms with E-state index < -0.39 is 0 Å². The third-order valence-electron chi connectivity index (χ3n) is 2.68. The molecule has 0 aromatic heterocycles. The van der Waals surface area contributed by atoms with Crippen LogP contribution in [-0.4, -0.2) is 18.5 Å². The first-order valence-corrected chi connectivity index (χ1v) is 5.23. The number of hydrogen-bond acceptors (Lipinski definition) is 2. The van der Waals surface area contributed by atoms with Crippen molar-refractivity contribution >= 4 is 5.78 Å². The normalized spacial score (nSPS) is 13.0. The van der Waals surface area contributed by atoms with Gasteiger partial charge in [0.25, 0.3) is 0 Å². The number of carbonyl (C=O) groups excluding carboxylic acids is 1. The van der Waals surface area contributed by atoms with Crippen molar-refractivity contribution in [2.75, 3.05) is 7.11 Å². The van der Waals surface area contributed by atoms with Crippen LogP contribution in [0, 0.1) is 5.41 Å². The van der Waals surface area contributed by atoms with Gasteiger partial charge < -0.3 is 9.53 Å². The Morgan fingerprint density at radius 3 is 2.00 bits per heavy atom. The fourth-order valence-electron chi connectivity index (χ4n) is 1.50. The van der Waals surface area contributed by atoms with E-state index >= 15 is 0 Å². The Hall–Kier alpha value is -0.370. The molecule has 0 unspecified atom stereocenters. The van der Waals surface area contributed by atoms with Gasteiger partial charge in [0.15, 0.2) is 0 Å². The SMILES string of the molecule is COC(C)(C)CCC(C)(C)CC(C)=O. The van der Waals surface area contributed by atoms with Crippen molar-refractivity contribution in [3.63, 3.8) is 0 Å². The first-order valence-electron chi connectivity index (χ1n) is 5.23. The van der Waals surface area contributed by atoms with Gasteiger partial charge in [0.1, 0.15) is 5.78 Å². The van der Waals surface area contributed by atoms with E-state index in [4.69, 9.17) is 4.74 Å². The molecule has 0 radical (unpaired) electrons. The van der Waals surface area contributed by atoms with Crippen LogP contribution in [-0.2, 0) is 9.53 Å². The first kappa shape index (κ1) is 13.6. The van der Waals surface area contributed by atoms with Gasteiger partial charge in [-0.1, -0.05) is 13.8 Å². The van der Waals surface area contributed by atoms with E-state index in [1.54, 1.807) is 14.0 Å². The number of hydrogen-bond donors (Lipinski definition) is 0. The maximum atomic E-state index is 11.0. The number of ether oxygens (including phenoxy) is 1. The van der Waals surface area contributed by atoms with Crippen LogP contribution in [0.1, 0.15) is 53.9 Å². The molecule has 84 valence electrons. The van der Waals surface area contributed by atoms with Crippen molar-refractivity contribution in [2.24, 2.45) is 5.41 Å². The summed E-state index contributed by atoms with van der Waals surface area (Å²) in [5, 5.41) is 0. The fraction of sp³-hybridized carbons (Fsp3) is 0.917. The molecule has 0 fully saturated rings. The quantitative estimate of drug-likeness (QED) is 0.658. The Kier molecular flexibility index (Phi) is 4.79. The smallest absolute Gasteiger partial charge is 0.130 e. The monoisotopic (exact) mass is 200 g/mol. The second-order valence-corrected chi connectivity index (χ2v) is 5.51. The second-order valence-electron chi connectivity index (χ2n) is 5.51. The number of ketones is 1. The van der Waals surface area contributed by atoms with Gasteiger partial charge in [-0.2, -0.15) is 0 Å². The topological polar surface area (TPSA) is 26.3 Å². The Morgan fingerprint density at radius 2 is 1.64 bits per heavy atom. The molecule has 0 spiro atoms. The lowest BCUT2D eigenvalue weighted by Gasteiger charge is -2.29. The predicted molar refractivity (Wildman–Crippen MR) is 59.4 cm³/mol. The van der Waals surface area contributed by atoms with Gasteiger partial charge in [-0.3, -0.25) is 0 Å². The molecule has 0 bridgehead atoms. The zero-order chi connectivity index (χ0) is 11.4. The van der Waals surface area contributed by atoms with Crippen molar-refractivity contribution in [1.82, 2.24) is 0 Å². The van der Waals surface area contributed by atoms with Crippen molar-refractivity contribution in [3.05, 3.63) is 0 Å². The molecule has 0 amide bonds. The molecule has 0 saturated carbocycles. The minimum atomic E-state index is -0.0753. The van der Waals surface area contributed by atoms with Crippen molar-refractivity contribution in [3.8, 4) is 0 Å². The summed E-state index contributed by atoms with van der Waals surface area (Å²) < 4.78 is 5.35. The lowest BCUT2D eigenvalue weighted by atomic mass is 9.80. The minimum absolute atomic E-state index is 0.0753. The highest BCUT2D eigenvalue weighted by Gasteiger charge is 2.25. The molecule has 2 heteroatoms. The molecule has 0 aliphatic heterocycles. The summed E-state index contributed by atoms with van der Waals surface area (Å²) >= 11 is 0. The molecule has 0 rings (SSSR count). The summed E-state index contributed by atoms with van der Waals surface area (Å²) in [5.74, 6) is 0.269. The lowest BCUT2D eigenvalue weighted by Crippen LogP contribution is -2.26. The average Bonchev–Trinajstić information content (AvgIpc) is 1.99. The standard InChI is InChI=1S/C12H24O2/c1-10(13)9-11(2,3)7-8-12(4,5)14-6/h7-9H2,1-6H3. The molecule has 0 aliphatic rings. The molecule has 0 aliphatic carbocycles. The molecule has 14 heavy (non-hydrogen) atoms. The molecule has 0 atom stereocenters. The number of methoxy groups -OCH3 is 1. The maximum absolute atomic E-state index is 11.0. The largest absolute Gasteiger partial charge is 0.379 e. The third-order valence-corrected chi connectivity index (χ3v) is 2.68. The van der Waals surface area contributed by atoms with Crippen LogP contribution in [0.4, 0.5) is 0 Å². The van der Waals surface area contributed by atoms with Gasteiger partial charge in [-0.15, -0.1) is 0 Å². The number of rotatable bonds is 6. The summed E-state index contributed by atoms with van der Waals surface area (Å²) in [4.78, 5) is 11.0. The van der Waals surface area contributed by atoms with E-state index in [2.05, 4.69) is 27.7 Å². The van der Waals surface area contributed by atoms with Crippen LogP contribution in [0.15, 0.2) is 0 Å².